The molecule has 4 heteroatoms. The highest BCUT2D eigenvalue weighted by atomic mass is 79.9. The summed E-state index contributed by atoms with van der Waals surface area (Å²) in [6, 6.07) is 0. The summed E-state index contributed by atoms with van der Waals surface area (Å²) in [7, 11) is 3.19. The number of aromatic nitrogens is 1. The number of esters is 1. The van der Waals surface area contributed by atoms with Crippen molar-refractivity contribution < 1.29 is 9.53 Å². The molecule has 1 rings (SSSR count). The van der Waals surface area contributed by atoms with E-state index in [0.29, 0.717) is 5.69 Å². The molecule has 0 unspecified atom stereocenters. The highest BCUT2D eigenvalue weighted by Gasteiger charge is 2.15. The van der Waals surface area contributed by atoms with E-state index in [4.69, 9.17) is 0 Å². The van der Waals surface area contributed by atoms with Crippen LogP contribution in [0.2, 0.25) is 0 Å². The van der Waals surface area contributed by atoms with Crippen LogP contribution in [0.5, 0.6) is 0 Å². The van der Waals surface area contributed by atoms with Gasteiger partial charge in [0.2, 0.25) is 0 Å². The minimum atomic E-state index is -0.305. The van der Waals surface area contributed by atoms with Gasteiger partial charge in [0.15, 0.2) is 0 Å². The van der Waals surface area contributed by atoms with Gasteiger partial charge in [-0.1, -0.05) is 0 Å². The molecule has 0 aromatic carbocycles. The van der Waals surface area contributed by atoms with E-state index >= 15 is 0 Å². The zero-order chi connectivity index (χ0) is 9.30. The number of nitrogens with zero attached hydrogens (tertiary/aromatic N) is 1. The van der Waals surface area contributed by atoms with E-state index < -0.39 is 0 Å². The Labute approximate surface area is 79.5 Å². The van der Waals surface area contributed by atoms with Crippen molar-refractivity contribution >= 4 is 21.9 Å². The quantitative estimate of drug-likeness (QED) is 0.692. The Hall–Kier alpha value is -0.770. The first kappa shape index (κ1) is 9.32. The van der Waals surface area contributed by atoms with E-state index in [9.17, 15) is 4.79 Å². The summed E-state index contributed by atoms with van der Waals surface area (Å²) in [5, 5.41) is 0. The lowest BCUT2D eigenvalue weighted by atomic mass is 10.3. The van der Waals surface area contributed by atoms with Crippen LogP contribution in [0.25, 0.3) is 0 Å². The van der Waals surface area contributed by atoms with Crippen LogP contribution in [0.1, 0.15) is 16.1 Å². The molecule has 0 radical (unpaired) electrons. The molecule has 0 fully saturated rings. The van der Waals surface area contributed by atoms with Gasteiger partial charge < -0.3 is 9.30 Å². The molecule has 1 heterocycles. The molecule has 3 nitrogen and oxygen atoms in total. The maximum Gasteiger partial charge on any atom is 0.354 e. The summed E-state index contributed by atoms with van der Waals surface area (Å²) in [4.78, 5) is 11.2. The Bertz CT molecular complexity index is 317. The van der Waals surface area contributed by atoms with Crippen LogP contribution in [-0.2, 0) is 11.8 Å². The first-order valence-electron chi connectivity index (χ1n) is 3.47. The van der Waals surface area contributed by atoms with Gasteiger partial charge in [-0.3, -0.25) is 0 Å². The Morgan fingerprint density at radius 1 is 1.67 bits per heavy atom. The van der Waals surface area contributed by atoms with Gasteiger partial charge in [0.1, 0.15) is 5.69 Å². The van der Waals surface area contributed by atoms with E-state index in [1.807, 2.05) is 20.2 Å². The number of carbonyl (C=O) groups is 1. The van der Waals surface area contributed by atoms with Crippen LogP contribution in [0.15, 0.2) is 10.7 Å². The Balaban J connectivity index is 3.22. The maximum atomic E-state index is 11.2. The zero-order valence-corrected chi connectivity index (χ0v) is 8.81. The first-order chi connectivity index (χ1) is 5.57. The topological polar surface area (TPSA) is 31.2 Å². The van der Waals surface area contributed by atoms with Crippen LogP contribution in [0.4, 0.5) is 0 Å². The smallest absolute Gasteiger partial charge is 0.354 e. The second-order valence-electron chi connectivity index (χ2n) is 2.55. The Morgan fingerprint density at radius 2 is 2.25 bits per heavy atom. The molecule has 1 aromatic rings. The molecule has 0 bridgehead atoms. The van der Waals surface area contributed by atoms with Crippen molar-refractivity contribution in [3.63, 3.8) is 0 Å². The summed E-state index contributed by atoms with van der Waals surface area (Å²) in [6.07, 6.45) is 1.83. The number of hydrogen-bond donors (Lipinski definition) is 0. The molecule has 1 aromatic heterocycles. The van der Waals surface area contributed by atoms with E-state index in [-0.39, 0.29) is 5.97 Å². The predicted octanol–water partition coefficient (Wildman–Crippen LogP) is 1.88. The van der Waals surface area contributed by atoms with Gasteiger partial charge in [-0.05, 0) is 28.4 Å². The summed E-state index contributed by atoms with van der Waals surface area (Å²) >= 11 is 3.34. The minimum absolute atomic E-state index is 0.305. The summed E-state index contributed by atoms with van der Waals surface area (Å²) in [5.74, 6) is -0.305. The molecule has 66 valence electrons. The summed E-state index contributed by atoms with van der Waals surface area (Å²) < 4.78 is 7.29. The fourth-order valence-electron chi connectivity index (χ4n) is 1.10. The largest absolute Gasteiger partial charge is 0.464 e. The number of aryl methyl sites for hydroxylation is 1. The lowest BCUT2D eigenvalue weighted by molar-refractivity contribution is 0.0589. The molecule has 0 aliphatic carbocycles. The number of carbonyl (C=O) groups excluding carboxylic acids is 1. The van der Waals surface area contributed by atoms with Gasteiger partial charge in [-0.25, -0.2) is 4.79 Å². The van der Waals surface area contributed by atoms with Crippen LogP contribution in [0, 0.1) is 6.92 Å². The number of ether oxygens (including phenoxy) is 1. The molecular formula is C8H10BrNO2. The Morgan fingerprint density at radius 3 is 2.58 bits per heavy atom. The van der Waals surface area contributed by atoms with Crippen LogP contribution in [-0.4, -0.2) is 17.6 Å². The fraction of sp³-hybridized carbons (Fsp3) is 0.375. The normalized spacial score (nSPS) is 10.0. The Kier molecular flexibility index (Phi) is 2.57. The van der Waals surface area contributed by atoms with Gasteiger partial charge in [0.25, 0.3) is 0 Å². The standard InChI is InChI=1S/C8H10BrNO2/c1-5-6(9)4-10(2)7(5)8(11)12-3/h4H,1-3H3. The summed E-state index contributed by atoms with van der Waals surface area (Å²) in [5.41, 5.74) is 1.49. The third kappa shape index (κ3) is 1.39. The van der Waals surface area contributed by atoms with E-state index in [1.54, 1.807) is 4.57 Å². The minimum Gasteiger partial charge on any atom is -0.464 e. The molecule has 0 amide bonds. The van der Waals surface area contributed by atoms with Crippen molar-refractivity contribution in [1.82, 2.24) is 4.57 Å². The van der Waals surface area contributed by atoms with E-state index in [0.717, 1.165) is 10.0 Å². The molecule has 0 spiro atoms. The number of rotatable bonds is 1. The van der Waals surface area contributed by atoms with Crippen molar-refractivity contribution in [3.05, 3.63) is 21.9 Å². The highest BCUT2D eigenvalue weighted by molar-refractivity contribution is 9.10. The lowest BCUT2D eigenvalue weighted by Gasteiger charge is -2.01. The zero-order valence-electron chi connectivity index (χ0n) is 7.22. The second kappa shape index (κ2) is 3.31. The summed E-state index contributed by atoms with van der Waals surface area (Å²) in [6.45, 7) is 1.87. The molecule has 0 saturated heterocycles. The molecule has 0 N–H and O–H groups in total. The molecule has 12 heavy (non-hydrogen) atoms. The molecule has 0 saturated carbocycles. The number of hydrogen-bond acceptors (Lipinski definition) is 2. The molecular weight excluding hydrogens is 222 g/mol. The van der Waals surface area contributed by atoms with Crippen molar-refractivity contribution in [2.24, 2.45) is 7.05 Å². The highest BCUT2D eigenvalue weighted by Crippen LogP contribution is 2.21. The average Bonchev–Trinajstić information content (AvgIpc) is 2.26. The molecule has 0 aliphatic heterocycles. The van der Waals surface area contributed by atoms with Crippen molar-refractivity contribution in [1.29, 1.82) is 0 Å². The van der Waals surface area contributed by atoms with E-state index in [1.165, 1.54) is 7.11 Å². The van der Waals surface area contributed by atoms with Gasteiger partial charge in [-0.15, -0.1) is 0 Å². The van der Waals surface area contributed by atoms with Crippen LogP contribution >= 0.6 is 15.9 Å². The monoisotopic (exact) mass is 231 g/mol. The van der Waals surface area contributed by atoms with Gasteiger partial charge in [-0.2, -0.15) is 0 Å². The third-order valence-corrected chi connectivity index (χ3v) is 2.55. The van der Waals surface area contributed by atoms with E-state index in [2.05, 4.69) is 20.7 Å². The van der Waals surface area contributed by atoms with Crippen LogP contribution in [0.3, 0.4) is 0 Å². The number of halogens is 1. The predicted molar refractivity (Wildman–Crippen MR) is 49.2 cm³/mol. The molecule has 0 atom stereocenters. The van der Waals surface area contributed by atoms with Gasteiger partial charge in [0.05, 0.1) is 7.11 Å². The SMILES string of the molecule is COC(=O)c1c(C)c(Br)cn1C. The fourth-order valence-corrected chi connectivity index (χ4v) is 1.60. The first-order valence-corrected chi connectivity index (χ1v) is 4.27. The lowest BCUT2D eigenvalue weighted by Crippen LogP contribution is -2.08. The number of methoxy groups -OCH3 is 1. The van der Waals surface area contributed by atoms with Crippen molar-refractivity contribution in [3.8, 4) is 0 Å². The molecule has 0 aliphatic rings. The third-order valence-electron chi connectivity index (χ3n) is 1.75. The second-order valence-corrected chi connectivity index (χ2v) is 3.41. The van der Waals surface area contributed by atoms with Crippen molar-refractivity contribution in [2.75, 3.05) is 7.11 Å². The van der Waals surface area contributed by atoms with Crippen LogP contribution < -0.4 is 0 Å². The maximum absolute atomic E-state index is 11.2. The van der Waals surface area contributed by atoms with Crippen molar-refractivity contribution in [2.45, 2.75) is 6.92 Å². The van der Waals surface area contributed by atoms with Gasteiger partial charge in [0, 0.05) is 17.7 Å². The van der Waals surface area contributed by atoms with Gasteiger partial charge >= 0.3 is 5.97 Å². The average molecular weight is 232 g/mol.